The van der Waals surface area contributed by atoms with E-state index in [2.05, 4.69) is 9.97 Å². The van der Waals surface area contributed by atoms with Crippen LogP contribution in [0, 0.1) is 0 Å². The number of nitrogens with zero attached hydrogens (tertiary/aromatic N) is 1. The number of nitrogens with one attached hydrogen (secondary N) is 1. The van der Waals surface area contributed by atoms with E-state index in [4.69, 9.17) is 5.11 Å². The van der Waals surface area contributed by atoms with Crippen molar-refractivity contribution in [3.63, 3.8) is 0 Å². The highest BCUT2D eigenvalue weighted by Crippen LogP contribution is 2.37. The zero-order valence-corrected chi connectivity index (χ0v) is 9.54. The summed E-state index contributed by atoms with van der Waals surface area (Å²) >= 11 is 0. The number of carbonyl (C=O) groups is 1. The third kappa shape index (κ3) is 1.82. The number of rotatable bonds is 3. The highest BCUT2D eigenvalue weighted by atomic mass is 32.2. The summed E-state index contributed by atoms with van der Waals surface area (Å²) in [7, 11) is -3.49. The molecule has 1 aliphatic carbocycles. The number of aromatic amines is 1. The summed E-state index contributed by atoms with van der Waals surface area (Å²) in [5.41, 5.74) is 0.282. The minimum absolute atomic E-state index is 0.106. The summed E-state index contributed by atoms with van der Waals surface area (Å²) in [6.45, 7) is 0. The number of aromatic nitrogens is 2. The van der Waals surface area contributed by atoms with Crippen LogP contribution in [-0.2, 0) is 9.84 Å². The van der Waals surface area contributed by atoms with Gasteiger partial charge in [-0.2, -0.15) is 0 Å². The van der Waals surface area contributed by atoms with E-state index in [1.54, 1.807) is 0 Å². The molecule has 1 fully saturated rings. The minimum atomic E-state index is -3.49. The molecule has 0 atom stereocenters. The maximum absolute atomic E-state index is 11.3. The molecule has 1 aliphatic rings. The molecule has 0 radical (unpaired) electrons. The van der Waals surface area contributed by atoms with Gasteiger partial charge in [0.1, 0.15) is 0 Å². The lowest BCUT2D eigenvalue weighted by atomic mass is 9.82. The third-order valence-corrected chi connectivity index (χ3v) is 3.67. The van der Waals surface area contributed by atoms with Crippen LogP contribution < -0.4 is 0 Å². The van der Waals surface area contributed by atoms with E-state index in [9.17, 15) is 13.2 Å². The van der Waals surface area contributed by atoms with Crippen molar-refractivity contribution < 1.29 is 18.3 Å². The average Bonchev–Trinajstić information content (AvgIpc) is 2.44. The molecule has 88 valence electrons. The van der Waals surface area contributed by atoms with Gasteiger partial charge in [-0.05, 0) is 12.8 Å². The molecule has 16 heavy (non-hydrogen) atoms. The topological polar surface area (TPSA) is 100 Å². The first-order valence-corrected chi connectivity index (χ1v) is 6.82. The second kappa shape index (κ2) is 3.58. The minimum Gasteiger partial charge on any atom is -0.476 e. The molecule has 1 aromatic heterocycles. The van der Waals surface area contributed by atoms with Gasteiger partial charge in [0.05, 0.1) is 5.69 Å². The van der Waals surface area contributed by atoms with Crippen molar-refractivity contribution in [1.82, 2.24) is 9.97 Å². The largest absolute Gasteiger partial charge is 0.476 e. The molecule has 2 N–H and O–H groups in total. The Labute approximate surface area is 92.6 Å². The molecule has 0 aliphatic heterocycles. The lowest BCUT2D eigenvalue weighted by molar-refractivity contribution is 0.0688. The van der Waals surface area contributed by atoms with Crippen LogP contribution in [0.1, 0.15) is 41.4 Å². The Morgan fingerprint density at radius 2 is 2.12 bits per heavy atom. The van der Waals surface area contributed by atoms with Gasteiger partial charge in [0.2, 0.25) is 15.0 Å². The summed E-state index contributed by atoms with van der Waals surface area (Å²) in [5.74, 6) is -1.08. The Balaban J connectivity index is 2.49. The van der Waals surface area contributed by atoms with Crippen molar-refractivity contribution >= 4 is 15.8 Å². The molecule has 0 saturated heterocycles. The van der Waals surface area contributed by atoms with Gasteiger partial charge in [0.25, 0.3) is 0 Å². The van der Waals surface area contributed by atoms with Crippen LogP contribution in [0.15, 0.2) is 5.16 Å². The molecule has 1 aromatic rings. The molecule has 0 spiro atoms. The smallest absolute Gasteiger partial charge is 0.356 e. The first-order chi connectivity index (χ1) is 7.39. The molecule has 1 heterocycles. The van der Waals surface area contributed by atoms with Crippen LogP contribution >= 0.6 is 0 Å². The second-order valence-corrected chi connectivity index (χ2v) is 5.94. The molecule has 2 rings (SSSR count). The Kier molecular flexibility index (Phi) is 2.49. The lowest BCUT2D eigenvalue weighted by Crippen LogP contribution is -2.13. The monoisotopic (exact) mass is 244 g/mol. The zero-order valence-electron chi connectivity index (χ0n) is 8.73. The highest BCUT2D eigenvalue weighted by Gasteiger charge is 2.30. The van der Waals surface area contributed by atoms with E-state index >= 15 is 0 Å². The van der Waals surface area contributed by atoms with E-state index in [0.29, 0.717) is 5.69 Å². The predicted octanol–water partition coefficient (Wildman–Crippen LogP) is 0.779. The quantitative estimate of drug-likeness (QED) is 0.818. The van der Waals surface area contributed by atoms with E-state index in [1.807, 2.05) is 0 Å². The molecule has 7 heteroatoms. The third-order valence-electron chi connectivity index (χ3n) is 2.78. The zero-order chi connectivity index (χ0) is 11.9. The van der Waals surface area contributed by atoms with Crippen LogP contribution in [0.25, 0.3) is 0 Å². The Hall–Kier alpha value is -1.37. The number of hydrogen-bond donors (Lipinski definition) is 2. The summed E-state index contributed by atoms with van der Waals surface area (Å²) in [6.07, 6.45) is 3.80. The maximum Gasteiger partial charge on any atom is 0.356 e. The van der Waals surface area contributed by atoms with E-state index in [0.717, 1.165) is 25.5 Å². The van der Waals surface area contributed by atoms with Gasteiger partial charge in [-0.15, -0.1) is 0 Å². The Morgan fingerprint density at radius 1 is 1.50 bits per heavy atom. The van der Waals surface area contributed by atoms with Crippen LogP contribution in [0.5, 0.6) is 0 Å². The number of imidazole rings is 1. The van der Waals surface area contributed by atoms with Gasteiger partial charge in [-0.3, -0.25) is 0 Å². The Morgan fingerprint density at radius 3 is 2.50 bits per heavy atom. The summed E-state index contributed by atoms with van der Waals surface area (Å²) in [4.78, 5) is 17.2. The molecular formula is C9H12N2O4S. The van der Waals surface area contributed by atoms with Crippen molar-refractivity contribution in [2.24, 2.45) is 0 Å². The van der Waals surface area contributed by atoms with Crippen molar-refractivity contribution in [3.05, 3.63) is 11.4 Å². The standard InChI is InChI=1S/C9H12N2O4S/c1-16(14,15)9-10-6(5-3-2-4-5)7(11-9)8(12)13/h5H,2-4H2,1H3,(H,10,11)(H,12,13). The SMILES string of the molecule is CS(=O)(=O)c1nc(C(=O)O)c(C2CCC2)[nH]1. The molecular weight excluding hydrogens is 232 g/mol. The normalized spacial score (nSPS) is 17.1. The van der Waals surface area contributed by atoms with Gasteiger partial charge >= 0.3 is 5.97 Å². The summed E-state index contributed by atoms with van der Waals surface area (Å²) < 4.78 is 22.5. The van der Waals surface area contributed by atoms with Gasteiger partial charge < -0.3 is 10.1 Å². The van der Waals surface area contributed by atoms with E-state index in [1.165, 1.54) is 0 Å². The molecule has 0 unspecified atom stereocenters. The van der Waals surface area contributed by atoms with Gasteiger partial charge in [0, 0.05) is 12.2 Å². The molecule has 6 nitrogen and oxygen atoms in total. The van der Waals surface area contributed by atoms with Crippen molar-refractivity contribution in [1.29, 1.82) is 0 Å². The first-order valence-electron chi connectivity index (χ1n) is 4.93. The van der Waals surface area contributed by atoms with E-state index < -0.39 is 15.8 Å². The number of carboxylic acid groups (broad SMARTS) is 1. The van der Waals surface area contributed by atoms with Crippen LogP contribution in [-0.4, -0.2) is 35.7 Å². The predicted molar refractivity (Wildman–Crippen MR) is 55.2 cm³/mol. The lowest BCUT2D eigenvalue weighted by Gasteiger charge is -2.24. The van der Waals surface area contributed by atoms with Crippen molar-refractivity contribution in [2.75, 3.05) is 6.26 Å². The summed E-state index contributed by atoms with van der Waals surface area (Å²) in [6, 6.07) is 0. The van der Waals surface area contributed by atoms with Crippen molar-refractivity contribution in [2.45, 2.75) is 30.3 Å². The van der Waals surface area contributed by atoms with Gasteiger partial charge in [-0.25, -0.2) is 18.2 Å². The summed E-state index contributed by atoms with van der Waals surface area (Å²) in [5, 5.41) is 8.68. The second-order valence-electron chi connectivity index (χ2n) is 4.01. The number of H-pyrrole nitrogens is 1. The number of carboxylic acids is 1. The fourth-order valence-electron chi connectivity index (χ4n) is 1.70. The first kappa shape index (κ1) is 11.1. The molecule has 1 saturated carbocycles. The highest BCUT2D eigenvalue weighted by molar-refractivity contribution is 7.90. The van der Waals surface area contributed by atoms with Crippen molar-refractivity contribution in [3.8, 4) is 0 Å². The fraction of sp³-hybridized carbons (Fsp3) is 0.556. The van der Waals surface area contributed by atoms with Gasteiger partial charge in [0.15, 0.2) is 5.69 Å². The number of aromatic carboxylic acids is 1. The molecule has 0 amide bonds. The molecule has 0 bridgehead atoms. The van der Waals surface area contributed by atoms with Crippen LogP contribution in [0.3, 0.4) is 0 Å². The fourth-order valence-corrected chi connectivity index (χ4v) is 2.25. The van der Waals surface area contributed by atoms with E-state index in [-0.39, 0.29) is 16.8 Å². The Bertz CT molecular complexity index is 528. The number of hydrogen-bond acceptors (Lipinski definition) is 4. The average molecular weight is 244 g/mol. The van der Waals surface area contributed by atoms with Crippen LogP contribution in [0.4, 0.5) is 0 Å². The maximum atomic E-state index is 11.3. The number of sulfone groups is 1. The molecule has 0 aromatic carbocycles. The van der Waals surface area contributed by atoms with Gasteiger partial charge in [-0.1, -0.05) is 6.42 Å². The van der Waals surface area contributed by atoms with Crippen LogP contribution in [0.2, 0.25) is 0 Å².